The predicted octanol–water partition coefficient (Wildman–Crippen LogP) is 3.15. The number of aromatic nitrogens is 2. The Morgan fingerprint density at radius 2 is 2.09 bits per heavy atom. The zero-order chi connectivity index (χ0) is 22.1. The van der Waals surface area contributed by atoms with Gasteiger partial charge in [0.1, 0.15) is 5.69 Å². The highest BCUT2D eigenvalue weighted by molar-refractivity contribution is 14.0. The average molecular weight is 572 g/mol. The van der Waals surface area contributed by atoms with Gasteiger partial charge in [-0.3, -0.25) is 4.99 Å². The summed E-state index contributed by atoms with van der Waals surface area (Å²) in [4.78, 5) is 14.1. The van der Waals surface area contributed by atoms with E-state index in [0.29, 0.717) is 19.7 Å². The number of alkyl halides is 3. The van der Waals surface area contributed by atoms with Crippen LogP contribution < -0.4 is 10.6 Å². The van der Waals surface area contributed by atoms with Gasteiger partial charge in [0.2, 0.25) is 5.95 Å². The molecule has 0 spiro atoms. The Kier molecular flexibility index (Phi) is 11.2. The quantitative estimate of drug-likeness (QED) is 0.215. The fraction of sp³-hybridized carbons (Fsp3) is 0.750. The van der Waals surface area contributed by atoms with Crippen molar-refractivity contribution in [3.63, 3.8) is 0 Å². The summed E-state index contributed by atoms with van der Waals surface area (Å²) < 4.78 is 49.8. The van der Waals surface area contributed by atoms with Gasteiger partial charge in [0.05, 0.1) is 25.4 Å². The van der Waals surface area contributed by atoms with Crippen molar-refractivity contribution in [1.82, 2.24) is 20.2 Å². The Morgan fingerprint density at radius 3 is 2.75 bits per heavy atom. The highest BCUT2D eigenvalue weighted by Gasteiger charge is 2.32. The summed E-state index contributed by atoms with van der Waals surface area (Å²) in [5.74, 6) is 0.742. The molecule has 3 heterocycles. The van der Waals surface area contributed by atoms with Crippen LogP contribution in [0, 0.1) is 0 Å². The molecular weight excluding hydrogens is 540 g/mol. The molecule has 2 N–H and O–H groups in total. The van der Waals surface area contributed by atoms with E-state index in [9.17, 15) is 13.2 Å². The van der Waals surface area contributed by atoms with Gasteiger partial charge < -0.3 is 25.0 Å². The lowest BCUT2D eigenvalue weighted by atomic mass is 10.1. The van der Waals surface area contributed by atoms with Gasteiger partial charge in [0, 0.05) is 39.0 Å². The second kappa shape index (κ2) is 13.3. The van der Waals surface area contributed by atoms with Gasteiger partial charge in [0.15, 0.2) is 5.96 Å². The zero-order valence-corrected chi connectivity index (χ0v) is 20.6. The van der Waals surface area contributed by atoms with Crippen molar-refractivity contribution in [1.29, 1.82) is 0 Å². The zero-order valence-electron chi connectivity index (χ0n) is 18.2. The van der Waals surface area contributed by atoms with Gasteiger partial charge in [-0.15, -0.1) is 24.0 Å². The average Bonchev–Trinajstić information content (AvgIpc) is 3.28. The number of nitrogens with one attached hydrogen (secondary N) is 2. The largest absolute Gasteiger partial charge is 0.433 e. The number of guanidine groups is 1. The molecule has 1 unspecified atom stereocenters. The normalized spacial score (nSPS) is 20.2. The number of hydrogen-bond donors (Lipinski definition) is 2. The highest BCUT2D eigenvalue weighted by Crippen LogP contribution is 2.27. The molecule has 0 radical (unpaired) electrons. The van der Waals surface area contributed by atoms with Gasteiger partial charge in [-0.05, 0) is 38.7 Å². The molecule has 2 fully saturated rings. The Morgan fingerprint density at radius 1 is 1.31 bits per heavy atom. The first-order chi connectivity index (χ1) is 15.0. The lowest BCUT2D eigenvalue weighted by Gasteiger charge is -2.34. The summed E-state index contributed by atoms with van der Waals surface area (Å²) in [6.07, 6.45) is 1.13. The number of ether oxygens (including phenoxy) is 2. The number of anilines is 1. The maximum Gasteiger partial charge on any atom is 0.433 e. The van der Waals surface area contributed by atoms with Crippen LogP contribution in [0.5, 0.6) is 0 Å². The summed E-state index contributed by atoms with van der Waals surface area (Å²) in [6.45, 7) is 6.64. The van der Waals surface area contributed by atoms with Crippen molar-refractivity contribution >= 4 is 35.9 Å². The number of piperidine rings is 1. The molecule has 0 amide bonds. The van der Waals surface area contributed by atoms with E-state index in [1.165, 1.54) is 0 Å². The van der Waals surface area contributed by atoms with Gasteiger partial charge in [0.25, 0.3) is 0 Å². The number of likely N-dealkylation sites (tertiary alicyclic amines) is 1. The van der Waals surface area contributed by atoms with E-state index in [0.717, 1.165) is 70.1 Å². The molecule has 2 aliphatic rings. The molecule has 2 aliphatic heterocycles. The third-order valence-electron chi connectivity index (χ3n) is 5.22. The number of hydrogen-bond acceptors (Lipinski definition) is 6. The van der Waals surface area contributed by atoms with E-state index in [1.54, 1.807) is 0 Å². The first-order valence-corrected chi connectivity index (χ1v) is 10.9. The maximum atomic E-state index is 12.7. The summed E-state index contributed by atoms with van der Waals surface area (Å²) in [6, 6.07) is 0.848. The molecule has 32 heavy (non-hydrogen) atoms. The summed E-state index contributed by atoms with van der Waals surface area (Å²) in [7, 11) is 0. The van der Waals surface area contributed by atoms with Gasteiger partial charge in [-0.1, -0.05) is 0 Å². The van der Waals surface area contributed by atoms with Crippen molar-refractivity contribution < 1.29 is 22.6 Å². The summed E-state index contributed by atoms with van der Waals surface area (Å²) in [5, 5.41) is 6.08. The molecule has 182 valence electrons. The lowest BCUT2D eigenvalue weighted by Crippen LogP contribution is -2.47. The van der Waals surface area contributed by atoms with E-state index >= 15 is 0 Å². The van der Waals surface area contributed by atoms with E-state index < -0.39 is 11.9 Å². The van der Waals surface area contributed by atoms with Gasteiger partial charge >= 0.3 is 6.18 Å². The molecule has 0 aliphatic carbocycles. The van der Waals surface area contributed by atoms with Crippen LogP contribution in [0.3, 0.4) is 0 Å². The minimum atomic E-state index is -4.49. The van der Waals surface area contributed by atoms with Crippen LogP contribution >= 0.6 is 24.0 Å². The molecule has 8 nitrogen and oxygen atoms in total. The van der Waals surface area contributed by atoms with Crippen LogP contribution in [0.15, 0.2) is 17.3 Å². The van der Waals surface area contributed by atoms with Crippen molar-refractivity contribution in [3.8, 4) is 0 Å². The predicted molar refractivity (Wildman–Crippen MR) is 126 cm³/mol. The lowest BCUT2D eigenvalue weighted by molar-refractivity contribution is -0.141. The van der Waals surface area contributed by atoms with Crippen LogP contribution in [0.4, 0.5) is 19.1 Å². The highest BCUT2D eigenvalue weighted by atomic mass is 127. The van der Waals surface area contributed by atoms with Crippen LogP contribution in [-0.4, -0.2) is 79.0 Å². The first-order valence-electron chi connectivity index (χ1n) is 10.9. The molecule has 0 bridgehead atoms. The topological polar surface area (TPSA) is 83.9 Å². The fourth-order valence-corrected chi connectivity index (χ4v) is 3.61. The Labute approximate surface area is 203 Å². The monoisotopic (exact) mass is 572 g/mol. The number of aliphatic imine (C=N–C) groups is 1. The molecule has 3 rings (SSSR count). The van der Waals surface area contributed by atoms with E-state index in [1.807, 2.05) is 6.92 Å². The van der Waals surface area contributed by atoms with Gasteiger partial charge in [-0.2, -0.15) is 13.2 Å². The molecule has 1 aromatic rings. The molecule has 0 aromatic carbocycles. The van der Waals surface area contributed by atoms with E-state index in [-0.39, 0.29) is 42.1 Å². The Balaban J connectivity index is 0.00000363. The Hall–Kier alpha value is -1.41. The minimum absolute atomic E-state index is 0. The number of nitrogens with zero attached hydrogens (tertiary/aromatic N) is 4. The molecule has 12 heteroatoms. The third-order valence-corrected chi connectivity index (χ3v) is 5.22. The smallest absolute Gasteiger partial charge is 0.376 e. The summed E-state index contributed by atoms with van der Waals surface area (Å²) >= 11 is 0. The van der Waals surface area contributed by atoms with Crippen molar-refractivity contribution in [2.45, 2.75) is 51.0 Å². The van der Waals surface area contributed by atoms with Crippen LogP contribution in [0.1, 0.15) is 38.3 Å². The van der Waals surface area contributed by atoms with Crippen LogP contribution in [-0.2, 0) is 15.7 Å². The standard InChI is InChI=1S/C20H31F3N6O2.HI/c1-2-24-19(27-10-9-26-18-25-8-5-17(28-18)20(21,22)23)29-11-6-15(7-12-29)31-14-16-4-3-13-30-16;/h5,8,15-16H,2-4,6-7,9-14H2,1H3,(H,24,27)(H,25,26,28);1H. The van der Waals surface area contributed by atoms with Crippen molar-refractivity contribution in [2.75, 3.05) is 51.3 Å². The fourth-order valence-electron chi connectivity index (χ4n) is 3.61. The third kappa shape index (κ3) is 8.50. The maximum absolute atomic E-state index is 12.7. The molecule has 1 aromatic heterocycles. The summed E-state index contributed by atoms with van der Waals surface area (Å²) in [5.41, 5.74) is -0.966. The minimum Gasteiger partial charge on any atom is -0.376 e. The van der Waals surface area contributed by atoms with Gasteiger partial charge in [-0.25, -0.2) is 9.97 Å². The van der Waals surface area contributed by atoms with Crippen molar-refractivity contribution in [2.24, 2.45) is 4.99 Å². The van der Waals surface area contributed by atoms with Crippen LogP contribution in [0.25, 0.3) is 0 Å². The molecule has 2 saturated heterocycles. The number of rotatable bonds is 8. The number of halogens is 4. The SMILES string of the molecule is CCNC(=NCCNc1nccc(C(F)(F)F)n1)N1CCC(OCC2CCCO2)CC1.I. The molecular formula is C20H32F3IN6O2. The van der Waals surface area contributed by atoms with Crippen molar-refractivity contribution in [3.05, 3.63) is 18.0 Å². The van der Waals surface area contributed by atoms with E-state index in [2.05, 4.69) is 30.5 Å². The molecule has 0 saturated carbocycles. The van der Waals surface area contributed by atoms with Crippen LogP contribution in [0.2, 0.25) is 0 Å². The first kappa shape index (κ1) is 26.8. The Bertz CT molecular complexity index is 711. The second-order valence-corrected chi connectivity index (χ2v) is 7.58. The van der Waals surface area contributed by atoms with E-state index in [4.69, 9.17) is 9.47 Å². The second-order valence-electron chi connectivity index (χ2n) is 7.58. The molecule has 1 atom stereocenters.